The molecule has 0 radical (unpaired) electrons. The Morgan fingerprint density at radius 3 is 2.27 bits per heavy atom. The van der Waals surface area contributed by atoms with Gasteiger partial charge in [-0.2, -0.15) is 5.10 Å². The van der Waals surface area contributed by atoms with E-state index in [9.17, 15) is 32.5 Å². The van der Waals surface area contributed by atoms with Crippen LogP contribution in [0.25, 0.3) is 0 Å². The second kappa shape index (κ2) is 7.10. The molecule has 2 aromatic rings. The highest BCUT2D eigenvalue weighted by Crippen LogP contribution is 2.26. The number of rotatable bonds is 5. The molecular formula is C15H14F4N4O3. The van der Waals surface area contributed by atoms with Crippen molar-refractivity contribution in [3.05, 3.63) is 50.8 Å². The molecule has 0 spiro atoms. The van der Waals surface area contributed by atoms with Gasteiger partial charge in [0.15, 0.2) is 23.3 Å². The lowest BCUT2D eigenvalue weighted by Gasteiger charge is -2.14. The molecule has 1 aromatic carbocycles. The minimum atomic E-state index is -1.73. The zero-order chi connectivity index (χ0) is 19.8. The lowest BCUT2D eigenvalue weighted by Crippen LogP contribution is -2.26. The highest BCUT2D eigenvalue weighted by molar-refractivity contribution is 5.92. The fourth-order valence-electron chi connectivity index (χ4n) is 2.40. The summed E-state index contributed by atoms with van der Waals surface area (Å²) in [5.74, 6) is -8.67. The maximum Gasteiger partial charge on any atom is 0.312 e. The number of aromatic nitrogens is 2. The zero-order valence-electron chi connectivity index (χ0n) is 13.9. The SMILES string of the molecule is Cc1nn(CC(C)C(=O)Nc2c(F)c(F)cc(F)c2F)c(C)c1[N+](=O)[O-]. The summed E-state index contributed by atoms with van der Waals surface area (Å²) >= 11 is 0. The average molecular weight is 374 g/mol. The van der Waals surface area contributed by atoms with Gasteiger partial charge in [0.1, 0.15) is 17.1 Å². The standard InChI is InChI=1S/C15H14F4N4O3/c1-6(5-22-8(3)14(23(25)26)7(2)21-22)15(24)20-13-11(18)9(16)4-10(17)12(13)19/h4,6H,5H2,1-3H3,(H,20,24). The molecule has 1 amide bonds. The van der Waals surface area contributed by atoms with Gasteiger partial charge in [0.25, 0.3) is 0 Å². The van der Waals surface area contributed by atoms with Gasteiger partial charge in [-0.05, 0) is 13.8 Å². The van der Waals surface area contributed by atoms with Crippen LogP contribution in [0.15, 0.2) is 6.07 Å². The third kappa shape index (κ3) is 3.51. The first kappa shape index (κ1) is 19.3. The van der Waals surface area contributed by atoms with Gasteiger partial charge in [-0.1, -0.05) is 6.92 Å². The summed E-state index contributed by atoms with van der Waals surface area (Å²) < 4.78 is 54.8. The van der Waals surface area contributed by atoms with Crippen LogP contribution in [-0.2, 0) is 11.3 Å². The normalized spacial score (nSPS) is 12.1. The molecule has 0 saturated carbocycles. The molecule has 0 fully saturated rings. The molecule has 1 atom stereocenters. The Bertz CT molecular complexity index is 871. The Kier molecular flexibility index (Phi) is 5.28. The molecule has 0 bridgehead atoms. The molecule has 1 heterocycles. The summed E-state index contributed by atoms with van der Waals surface area (Å²) in [7, 11) is 0. The lowest BCUT2D eigenvalue weighted by atomic mass is 10.1. The number of hydrogen-bond donors (Lipinski definition) is 1. The van der Waals surface area contributed by atoms with Crippen LogP contribution < -0.4 is 5.32 Å². The van der Waals surface area contributed by atoms with Gasteiger partial charge >= 0.3 is 5.69 Å². The van der Waals surface area contributed by atoms with Crippen molar-refractivity contribution in [2.45, 2.75) is 27.3 Å². The first-order valence-corrected chi connectivity index (χ1v) is 7.36. The number of nitrogens with one attached hydrogen (secondary N) is 1. The third-order valence-electron chi connectivity index (χ3n) is 3.78. The fraction of sp³-hybridized carbons (Fsp3) is 0.333. The summed E-state index contributed by atoms with van der Waals surface area (Å²) in [4.78, 5) is 22.5. The van der Waals surface area contributed by atoms with Gasteiger partial charge in [0.2, 0.25) is 5.91 Å². The minimum Gasteiger partial charge on any atom is -0.321 e. The van der Waals surface area contributed by atoms with Gasteiger partial charge in [-0.3, -0.25) is 19.6 Å². The Labute approximate surface area is 144 Å². The molecule has 26 heavy (non-hydrogen) atoms. The van der Waals surface area contributed by atoms with Crippen molar-refractivity contribution < 1.29 is 27.3 Å². The Morgan fingerprint density at radius 1 is 1.27 bits per heavy atom. The van der Waals surface area contributed by atoms with Crippen LogP contribution in [0.3, 0.4) is 0 Å². The lowest BCUT2D eigenvalue weighted by molar-refractivity contribution is -0.386. The number of nitrogens with zero attached hydrogens (tertiary/aromatic N) is 3. The van der Waals surface area contributed by atoms with Crippen molar-refractivity contribution in [1.82, 2.24) is 9.78 Å². The van der Waals surface area contributed by atoms with Gasteiger partial charge in [0, 0.05) is 6.07 Å². The summed E-state index contributed by atoms with van der Waals surface area (Å²) in [6.07, 6.45) is 0. The first-order valence-electron chi connectivity index (χ1n) is 7.36. The maximum atomic E-state index is 13.6. The van der Waals surface area contributed by atoms with Gasteiger partial charge in [-0.25, -0.2) is 17.6 Å². The van der Waals surface area contributed by atoms with Gasteiger partial charge < -0.3 is 5.32 Å². The Balaban J connectivity index is 2.22. The van der Waals surface area contributed by atoms with E-state index in [1.807, 2.05) is 0 Å². The number of carbonyl (C=O) groups is 1. The number of anilines is 1. The Hall–Kier alpha value is -2.98. The quantitative estimate of drug-likeness (QED) is 0.377. The molecule has 1 unspecified atom stereocenters. The maximum absolute atomic E-state index is 13.6. The molecular weight excluding hydrogens is 360 g/mol. The topological polar surface area (TPSA) is 90.1 Å². The van der Waals surface area contributed by atoms with Crippen molar-refractivity contribution in [3.8, 4) is 0 Å². The molecule has 0 aliphatic carbocycles. The fourth-order valence-corrected chi connectivity index (χ4v) is 2.40. The summed E-state index contributed by atoms with van der Waals surface area (Å²) in [6.45, 7) is 4.08. The van der Waals surface area contributed by atoms with Crippen LogP contribution in [0.5, 0.6) is 0 Å². The number of hydrogen-bond acceptors (Lipinski definition) is 4. The highest BCUT2D eigenvalue weighted by Gasteiger charge is 2.26. The third-order valence-corrected chi connectivity index (χ3v) is 3.78. The largest absolute Gasteiger partial charge is 0.321 e. The number of nitro groups is 1. The summed E-state index contributed by atoms with van der Waals surface area (Å²) in [5, 5.41) is 16.7. The minimum absolute atomic E-state index is 0.0265. The molecule has 7 nitrogen and oxygen atoms in total. The number of amides is 1. The molecule has 0 aliphatic heterocycles. The van der Waals surface area contributed by atoms with E-state index in [1.165, 1.54) is 25.5 Å². The molecule has 0 saturated heterocycles. The molecule has 2 rings (SSSR count). The van der Waals surface area contributed by atoms with Crippen molar-refractivity contribution in [3.63, 3.8) is 0 Å². The first-order chi connectivity index (χ1) is 12.0. The van der Waals surface area contributed by atoms with Crippen LogP contribution in [0.4, 0.5) is 28.9 Å². The molecule has 1 aromatic heterocycles. The summed E-state index contributed by atoms with van der Waals surface area (Å²) in [6, 6.07) is 0.0265. The molecule has 11 heteroatoms. The van der Waals surface area contributed by atoms with Crippen LogP contribution in [0, 0.1) is 53.1 Å². The monoisotopic (exact) mass is 374 g/mol. The zero-order valence-corrected chi connectivity index (χ0v) is 13.9. The second-order valence-electron chi connectivity index (χ2n) is 5.69. The van der Waals surface area contributed by atoms with E-state index in [4.69, 9.17) is 0 Å². The number of benzene rings is 1. The van der Waals surface area contributed by atoms with Gasteiger partial charge in [-0.15, -0.1) is 0 Å². The highest BCUT2D eigenvalue weighted by atomic mass is 19.2. The second-order valence-corrected chi connectivity index (χ2v) is 5.69. The predicted octanol–water partition coefficient (Wildman–Crippen LogP) is 3.24. The van der Waals surface area contributed by atoms with Crippen molar-refractivity contribution >= 4 is 17.3 Å². The van der Waals surface area contributed by atoms with Crippen LogP contribution >= 0.6 is 0 Å². The van der Waals surface area contributed by atoms with E-state index >= 15 is 0 Å². The smallest absolute Gasteiger partial charge is 0.312 e. The number of aryl methyl sites for hydroxylation is 1. The van der Waals surface area contributed by atoms with Gasteiger partial charge in [0.05, 0.1) is 17.4 Å². The van der Waals surface area contributed by atoms with E-state index in [1.54, 1.807) is 5.32 Å². The van der Waals surface area contributed by atoms with E-state index in [2.05, 4.69) is 5.10 Å². The summed E-state index contributed by atoms with van der Waals surface area (Å²) in [5.41, 5.74) is -1.11. The molecule has 1 N–H and O–H groups in total. The van der Waals surface area contributed by atoms with E-state index < -0.39 is 45.7 Å². The molecule has 140 valence electrons. The van der Waals surface area contributed by atoms with E-state index in [-0.39, 0.29) is 29.7 Å². The van der Waals surface area contributed by atoms with Crippen LogP contribution in [0.1, 0.15) is 18.3 Å². The van der Waals surface area contributed by atoms with E-state index in [0.29, 0.717) is 0 Å². The molecule has 0 aliphatic rings. The predicted molar refractivity (Wildman–Crippen MR) is 82.4 cm³/mol. The number of carbonyl (C=O) groups excluding carboxylic acids is 1. The van der Waals surface area contributed by atoms with Crippen molar-refractivity contribution in [1.29, 1.82) is 0 Å². The van der Waals surface area contributed by atoms with Crippen molar-refractivity contribution in [2.75, 3.05) is 5.32 Å². The van der Waals surface area contributed by atoms with Crippen LogP contribution in [-0.4, -0.2) is 20.6 Å². The van der Waals surface area contributed by atoms with E-state index in [0.717, 1.165) is 0 Å². The van der Waals surface area contributed by atoms with Crippen molar-refractivity contribution in [2.24, 2.45) is 5.92 Å². The Morgan fingerprint density at radius 2 is 1.81 bits per heavy atom. The van der Waals surface area contributed by atoms with Crippen LogP contribution in [0.2, 0.25) is 0 Å². The number of halogens is 4. The average Bonchev–Trinajstić information content (AvgIpc) is 2.83.